The molecule has 1 aromatic heterocycles. The van der Waals surface area contributed by atoms with Crippen LogP contribution in [0.4, 0.5) is 4.39 Å². The molecule has 2 aromatic carbocycles. The van der Waals surface area contributed by atoms with Crippen molar-refractivity contribution in [2.75, 3.05) is 13.1 Å². The Labute approximate surface area is 161 Å². The second-order valence-corrected chi connectivity index (χ2v) is 6.83. The molecule has 5 nitrogen and oxygen atoms in total. The minimum absolute atomic E-state index is 0.00138. The molecule has 2 heterocycles. The van der Waals surface area contributed by atoms with Gasteiger partial charge in [-0.15, -0.1) is 0 Å². The zero-order chi connectivity index (χ0) is 19.5. The molecular weight excluding hydrogens is 359 g/mol. The number of nitrogens with zero attached hydrogens (tertiary/aromatic N) is 2. The summed E-state index contributed by atoms with van der Waals surface area (Å²) in [5.74, 6) is -0.270. The lowest BCUT2D eigenvalue weighted by Crippen LogP contribution is -2.40. The lowest BCUT2D eigenvalue weighted by Gasteiger charge is -2.31. The van der Waals surface area contributed by atoms with E-state index in [1.165, 1.54) is 30.7 Å². The van der Waals surface area contributed by atoms with Gasteiger partial charge in [-0.25, -0.2) is 9.37 Å². The molecule has 0 unspecified atom stereocenters. The lowest BCUT2D eigenvalue weighted by molar-refractivity contribution is 0.0646. The fourth-order valence-corrected chi connectivity index (χ4v) is 3.54. The van der Waals surface area contributed by atoms with E-state index in [4.69, 9.17) is 4.42 Å². The number of Topliss-reactive ketones (excluding diaryl/α,β-unsaturated/α-hetero) is 1. The van der Waals surface area contributed by atoms with E-state index in [-0.39, 0.29) is 29.1 Å². The highest BCUT2D eigenvalue weighted by Gasteiger charge is 2.30. The monoisotopic (exact) mass is 378 g/mol. The summed E-state index contributed by atoms with van der Waals surface area (Å²) in [6.45, 7) is 0.940. The molecule has 0 radical (unpaired) electrons. The van der Waals surface area contributed by atoms with E-state index in [0.29, 0.717) is 37.3 Å². The Morgan fingerprint density at radius 2 is 1.68 bits per heavy atom. The van der Waals surface area contributed by atoms with Crippen LogP contribution in [0.15, 0.2) is 65.4 Å². The van der Waals surface area contributed by atoms with E-state index in [1.807, 2.05) is 30.3 Å². The van der Waals surface area contributed by atoms with Crippen molar-refractivity contribution in [1.82, 2.24) is 9.88 Å². The number of halogens is 1. The van der Waals surface area contributed by atoms with Gasteiger partial charge in [0.05, 0.1) is 0 Å². The molecule has 0 spiro atoms. The quantitative estimate of drug-likeness (QED) is 0.638. The summed E-state index contributed by atoms with van der Waals surface area (Å²) in [6.07, 6.45) is 2.42. The summed E-state index contributed by atoms with van der Waals surface area (Å²) in [4.78, 5) is 31.3. The van der Waals surface area contributed by atoms with E-state index < -0.39 is 0 Å². The van der Waals surface area contributed by atoms with Crippen LogP contribution in [0.1, 0.15) is 33.7 Å². The summed E-state index contributed by atoms with van der Waals surface area (Å²) in [5, 5.41) is 0. The first-order valence-electron chi connectivity index (χ1n) is 9.21. The highest BCUT2D eigenvalue weighted by molar-refractivity contribution is 5.99. The van der Waals surface area contributed by atoms with Crippen LogP contribution in [-0.2, 0) is 0 Å². The van der Waals surface area contributed by atoms with Gasteiger partial charge in [-0.1, -0.05) is 30.3 Å². The number of hydrogen-bond acceptors (Lipinski definition) is 4. The van der Waals surface area contributed by atoms with Crippen molar-refractivity contribution < 1.29 is 18.4 Å². The number of amides is 1. The molecule has 0 atom stereocenters. The SMILES string of the molecule is O=C(c1ccc(F)cc1)C1CCN(C(=O)c2ncoc2-c2ccccc2)CC1. The van der Waals surface area contributed by atoms with E-state index in [1.54, 1.807) is 4.90 Å². The highest BCUT2D eigenvalue weighted by Crippen LogP contribution is 2.27. The maximum atomic E-state index is 13.1. The van der Waals surface area contributed by atoms with Gasteiger partial charge in [-0.05, 0) is 37.1 Å². The lowest BCUT2D eigenvalue weighted by atomic mass is 9.88. The molecular formula is C22H19FN2O3. The number of carbonyl (C=O) groups excluding carboxylic acids is 2. The summed E-state index contributed by atoms with van der Waals surface area (Å²) in [6, 6.07) is 15.0. The van der Waals surface area contributed by atoms with Crippen LogP contribution in [0.25, 0.3) is 11.3 Å². The molecule has 4 rings (SSSR count). The number of ketones is 1. The molecule has 0 N–H and O–H groups in total. The zero-order valence-electron chi connectivity index (χ0n) is 15.2. The third-order valence-electron chi connectivity index (χ3n) is 5.09. The maximum absolute atomic E-state index is 13.1. The number of carbonyl (C=O) groups is 2. The van der Waals surface area contributed by atoms with E-state index in [2.05, 4.69) is 4.98 Å². The summed E-state index contributed by atoms with van der Waals surface area (Å²) in [7, 11) is 0. The standard InChI is InChI=1S/C22H19FN2O3/c23-18-8-6-15(7-9-18)20(26)16-10-12-25(13-11-16)22(27)19-21(28-14-24-19)17-4-2-1-3-5-17/h1-9,14,16H,10-13H2. The molecule has 1 fully saturated rings. The largest absolute Gasteiger partial charge is 0.443 e. The number of oxazole rings is 1. The Kier molecular flexibility index (Phi) is 5.02. The third kappa shape index (κ3) is 3.58. The minimum Gasteiger partial charge on any atom is -0.443 e. The molecule has 1 aliphatic rings. The summed E-state index contributed by atoms with van der Waals surface area (Å²) in [5.41, 5.74) is 1.59. The molecule has 6 heteroatoms. The normalized spacial score (nSPS) is 14.8. The predicted molar refractivity (Wildman–Crippen MR) is 101 cm³/mol. The molecule has 142 valence electrons. The van der Waals surface area contributed by atoms with Crippen molar-refractivity contribution in [1.29, 1.82) is 0 Å². The van der Waals surface area contributed by atoms with Gasteiger partial charge in [0.25, 0.3) is 5.91 Å². The van der Waals surface area contributed by atoms with Gasteiger partial charge in [0, 0.05) is 30.1 Å². The van der Waals surface area contributed by atoms with Crippen molar-refractivity contribution in [3.8, 4) is 11.3 Å². The molecule has 28 heavy (non-hydrogen) atoms. The average Bonchev–Trinajstić information content (AvgIpc) is 3.24. The van der Waals surface area contributed by atoms with E-state index in [9.17, 15) is 14.0 Å². The Morgan fingerprint density at radius 1 is 1.00 bits per heavy atom. The van der Waals surface area contributed by atoms with Crippen molar-refractivity contribution in [2.24, 2.45) is 5.92 Å². The van der Waals surface area contributed by atoms with Crippen molar-refractivity contribution in [3.63, 3.8) is 0 Å². The van der Waals surface area contributed by atoms with Crippen LogP contribution in [0.2, 0.25) is 0 Å². The summed E-state index contributed by atoms with van der Waals surface area (Å²) < 4.78 is 18.5. The smallest absolute Gasteiger partial charge is 0.276 e. The molecule has 1 aliphatic heterocycles. The van der Waals surface area contributed by atoms with Gasteiger partial charge >= 0.3 is 0 Å². The van der Waals surface area contributed by atoms with Crippen LogP contribution in [0.5, 0.6) is 0 Å². The first-order chi connectivity index (χ1) is 13.6. The van der Waals surface area contributed by atoms with Gasteiger partial charge in [-0.3, -0.25) is 9.59 Å². The fraction of sp³-hybridized carbons (Fsp3) is 0.227. The Balaban J connectivity index is 1.43. The van der Waals surface area contributed by atoms with Gasteiger partial charge in [0.1, 0.15) is 5.82 Å². The first-order valence-corrected chi connectivity index (χ1v) is 9.21. The van der Waals surface area contributed by atoms with Gasteiger partial charge in [0.2, 0.25) is 0 Å². The zero-order valence-corrected chi connectivity index (χ0v) is 15.2. The van der Waals surface area contributed by atoms with Crippen molar-refractivity contribution in [2.45, 2.75) is 12.8 Å². The average molecular weight is 378 g/mol. The number of rotatable bonds is 4. The number of benzene rings is 2. The topological polar surface area (TPSA) is 63.4 Å². The van der Waals surface area contributed by atoms with Crippen LogP contribution in [0.3, 0.4) is 0 Å². The molecule has 0 saturated carbocycles. The third-order valence-corrected chi connectivity index (χ3v) is 5.09. The van der Waals surface area contributed by atoms with Gasteiger partial charge in [0.15, 0.2) is 23.6 Å². The molecule has 0 bridgehead atoms. The number of likely N-dealkylation sites (tertiary alicyclic amines) is 1. The Bertz CT molecular complexity index is 975. The molecule has 3 aromatic rings. The van der Waals surface area contributed by atoms with Crippen LogP contribution >= 0.6 is 0 Å². The number of aromatic nitrogens is 1. The number of piperidine rings is 1. The van der Waals surface area contributed by atoms with Crippen molar-refractivity contribution in [3.05, 3.63) is 78.1 Å². The predicted octanol–water partition coefficient (Wildman–Crippen LogP) is 4.22. The Morgan fingerprint density at radius 3 is 2.36 bits per heavy atom. The molecule has 0 aliphatic carbocycles. The summed E-state index contributed by atoms with van der Waals surface area (Å²) >= 11 is 0. The second-order valence-electron chi connectivity index (χ2n) is 6.83. The maximum Gasteiger partial charge on any atom is 0.276 e. The second kappa shape index (κ2) is 7.76. The Hall–Kier alpha value is -3.28. The van der Waals surface area contributed by atoms with E-state index in [0.717, 1.165) is 5.56 Å². The van der Waals surface area contributed by atoms with Crippen molar-refractivity contribution >= 4 is 11.7 Å². The van der Waals surface area contributed by atoms with Gasteiger partial charge < -0.3 is 9.32 Å². The minimum atomic E-state index is -0.362. The molecule has 1 saturated heterocycles. The van der Waals surface area contributed by atoms with Crippen LogP contribution < -0.4 is 0 Å². The van der Waals surface area contributed by atoms with Crippen LogP contribution in [0, 0.1) is 11.7 Å². The van der Waals surface area contributed by atoms with Gasteiger partial charge in [-0.2, -0.15) is 0 Å². The highest BCUT2D eigenvalue weighted by atomic mass is 19.1. The first kappa shape index (κ1) is 18.1. The fourth-order valence-electron chi connectivity index (χ4n) is 3.54. The molecule has 1 amide bonds. The number of hydrogen-bond donors (Lipinski definition) is 0. The van der Waals surface area contributed by atoms with Crippen LogP contribution in [-0.4, -0.2) is 34.7 Å². The van der Waals surface area contributed by atoms with E-state index >= 15 is 0 Å².